The molecule has 4 rings (SSSR count). The second-order valence-electron chi connectivity index (χ2n) is 7.34. The van der Waals surface area contributed by atoms with Gasteiger partial charge in [0.1, 0.15) is 30.2 Å². The second kappa shape index (κ2) is 9.25. The van der Waals surface area contributed by atoms with Crippen molar-refractivity contribution in [3.8, 4) is 0 Å². The fraction of sp³-hybridized carbons (Fsp3) is 0.722. The van der Waals surface area contributed by atoms with Crippen LogP contribution in [0.4, 0.5) is 5.82 Å². The van der Waals surface area contributed by atoms with Gasteiger partial charge in [0.05, 0.1) is 19.5 Å². The number of aromatic nitrogens is 4. The molecule has 0 aromatic carbocycles. The van der Waals surface area contributed by atoms with Crippen LogP contribution in [0.25, 0.3) is 11.2 Å². The maximum absolute atomic E-state index is 12.9. The van der Waals surface area contributed by atoms with E-state index in [-0.39, 0.29) is 12.4 Å². The second-order valence-corrected chi connectivity index (χ2v) is 8.96. The number of hydrogen-bond donors (Lipinski definition) is 1. The molecule has 0 aliphatic carbocycles. The molecule has 2 aliphatic rings. The molecule has 2 N–H and O–H groups in total. The molecule has 2 aromatic heterocycles. The van der Waals surface area contributed by atoms with Crippen LogP contribution in [0.1, 0.15) is 45.8 Å². The molecular formula is C18H28N5O6P. The Bertz CT molecular complexity index is 910. The van der Waals surface area contributed by atoms with Gasteiger partial charge in [-0.3, -0.25) is 18.1 Å². The number of rotatable bonds is 9. The van der Waals surface area contributed by atoms with Gasteiger partial charge >= 0.3 is 7.82 Å². The molecule has 11 nitrogen and oxygen atoms in total. The third-order valence-corrected chi connectivity index (χ3v) is 6.62. The lowest BCUT2D eigenvalue weighted by molar-refractivity contribution is -0.0709. The number of phosphoric acid groups is 1. The number of anilines is 1. The molecule has 0 amide bonds. The fourth-order valence-electron chi connectivity index (χ4n) is 3.52. The number of nitrogens with zero attached hydrogens (tertiary/aromatic N) is 4. The van der Waals surface area contributed by atoms with Gasteiger partial charge in [0.15, 0.2) is 17.7 Å². The first-order chi connectivity index (χ1) is 14.6. The van der Waals surface area contributed by atoms with Gasteiger partial charge < -0.3 is 15.2 Å². The largest absolute Gasteiger partial charge is 0.475 e. The Balaban J connectivity index is 1.60. The average molecular weight is 441 g/mol. The molecule has 0 saturated carbocycles. The molecule has 0 spiro atoms. The predicted octanol–water partition coefficient (Wildman–Crippen LogP) is 2.83. The highest BCUT2D eigenvalue weighted by atomic mass is 31.2. The number of fused-ring (bicyclic) bond motifs is 2. The number of imidazole rings is 1. The molecule has 2 aromatic rings. The van der Waals surface area contributed by atoms with E-state index in [1.165, 1.54) is 6.33 Å². The topological polar surface area (TPSA) is 133 Å². The molecule has 0 radical (unpaired) electrons. The van der Waals surface area contributed by atoms with Gasteiger partial charge in [-0.1, -0.05) is 26.7 Å². The molecule has 1 unspecified atom stereocenters. The van der Waals surface area contributed by atoms with E-state index < -0.39 is 32.4 Å². The van der Waals surface area contributed by atoms with Gasteiger partial charge in [-0.05, 0) is 12.8 Å². The van der Waals surface area contributed by atoms with Crippen molar-refractivity contribution in [2.75, 3.05) is 25.6 Å². The van der Waals surface area contributed by atoms with Gasteiger partial charge in [-0.2, -0.15) is 0 Å². The minimum Gasteiger partial charge on any atom is -0.382 e. The minimum atomic E-state index is -3.68. The van der Waals surface area contributed by atoms with Crippen LogP contribution >= 0.6 is 7.82 Å². The quantitative estimate of drug-likeness (QED) is 0.457. The van der Waals surface area contributed by atoms with Crippen LogP contribution in [0.5, 0.6) is 0 Å². The van der Waals surface area contributed by atoms with Gasteiger partial charge in [0, 0.05) is 6.61 Å². The molecule has 5 atom stereocenters. The predicted molar refractivity (Wildman–Crippen MR) is 108 cm³/mol. The molecule has 166 valence electrons. The van der Waals surface area contributed by atoms with Crippen molar-refractivity contribution in [2.24, 2.45) is 0 Å². The summed E-state index contributed by atoms with van der Waals surface area (Å²) in [6.07, 6.45) is 4.30. The zero-order valence-corrected chi connectivity index (χ0v) is 18.1. The van der Waals surface area contributed by atoms with Crippen LogP contribution in [0, 0.1) is 0 Å². The first-order valence-corrected chi connectivity index (χ1v) is 11.8. The standard InChI is InChI=1S/C18H28N5O6P/c1-3-5-7-25-15-14-12(9-27-30(24,29-14)26-8-6-4-2)28-18(15)23-11-22-13-16(19)20-10-21-17(13)23/h10-12,14-15,18H,3-9H2,1-2H3,(H2,19,20,21)/t12-,14-,15-,18-,30?/m1/s1. The monoisotopic (exact) mass is 441 g/mol. The smallest absolute Gasteiger partial charge is 0.382 e. The summed E-state index contributed by atoms with van der Waals surface area (Å²) in [5.41, 5.74) is 6.92. The van der Waals surface area contributed by atoms with E-state index in [4.69, 9.17) is 28.8 Å². The van der Waals surface area contributed by atoms with Crippen molar-refractivity contribution in [1.82, 2.24) is 19.5 Å². The zero-order valence-electron chi connectivity index (χ0n) is 17.2. The van der Waals surface area contributed by atoms with E-state index in [1.54, 1.807) is 10.9 Å². The molecular weight excluding hydrogens is 413 g/mol. The van der Waals surface area contributed by atoms with Crippen molar-refractivity contribution < 1.29 is 27.6 Å². The minimum absolute atomic E-state index is 0.0853. The lowest BCUT2D eigenvalue weighted by Gasteiger charge is -2.32. The molecule has 2 aliphatic heterocycles. The van der Waals surface area contributed by atoms with E-state index in [2.05, 4.69) is 21.9 Å². The van der Waals surface area contributed by atoms with Crippen LogP contribution in [0.2, 0.25) is 0 Å². The number of hydrogen-bond acceptors (Lipinski definition) is 10. The first kappa shape index (κ1) is 21.6. The van der Waals surface area contributed by atoms with Crippen LogP contribution in [-0.4, -0.2) is 57.7 Å². The van der Waals surface area contributed by atoms with E-state index >= 15 is 0 Å². The Morgan fingerprint density at radius 3 is 2.83 bits per heavy atom. The fourth-order valence-corrected chi connectivity index (χ4v) is 4.96. The summed E-state index contributed by atoms with van der Waals surface area (Å²) in [5.74, 6) is 0.283. The summed E-state index contributed by atoms with van der Waals surface area (Å²) in [7, 11) is -3.68. The van der Waals surface area contributed by atoms with Crippen molar-refractivity contribution in [1.29, 1.82) is 0 Å². The van der Waals surface area contributed by atoms with E-state index in [0.29, 0.717) is 24.4 Å². The summed E-state index contributed by atoms with van der Waals surface area (Å²) < 4.78 is 43.7. The number of ether oxygens (including phenoxy) is 2. The maximum atomic E-state index is 12.9. The number of nitrogen functional groups attached to an aromatic ring is 1. The Morgan fingerprint density at radius 2 is 2.03 bits per heavy atom. The molecule has 2 fully saturated rings. The van der Waals surface area contributed by atoms with E-state index in [9.17, 15) is 4.57 Å². The van der Waals surface area contributed by atoms with Gasteiger partial charge in [-0.15, -0.1) is 0 Å². The van der Waals surface area contributed by atoms with Crippen LogP contribution < -0.4 is 5.73 Å². The third-order valence-electron chi connectivity index (χ3n) is 5.15. The van der Waals surface area contributed by atoms with Crippen molar-refractivity contribution in [2.45, 2.75) is 64.1 Å². The van der Waals surface area contributed by atoms with Gasteiger partial charge in [0.2, 0.25) is 0 Å². The van der Waals surface area contributed by atoms with Crippen LogP contribution in [-0.2, 0) is 27.6 Å². The molecule has 0 bridgehead atoms. The van der Waals surface area contributed by atoms with E-state index in [0.717, 1.165) is 25.7 Å². The number of nitrogens with two attached hydrogens (primary N) is 1. The highest BCUT2D eigenvalue weighted by Crippen LogP contribution is 2.57. The Hall–Kier alpha value is -1.62. The highest BCUT2D eigenvalue weighted by Gasteiger charge is 2.54. The number of unbranched alkanes of at least 4 members (excludes halogenated alkanes) is 2. The van der Waals surface area contributed by atoms with Gasteiger partial charge in [0.25, 0.3) is 0 Å². The Kier molecular flexibility index (Phi) is 6.66. The van der Waals surface area contributed by atoms with Crippen molar-refractivity contribution >= 4 is 24.8 Å². The van der Waals surface area contributed by atoms with Crippen molar-refractivity contribution in [3.63, 3.8) is 0 Å². The maximum Gasteiger partial charge on any atom is 0.475 e. The summed E-state index contributed by atoms with van der Waals surface area (Å²) >= 11 is 0. The Labute approximate surface area is 174 Å². The molecule has 4 heterocycles. The average Bonchev–Trinajstić information content (AvgIpc) is 3.30. The molecule has 30 heavy (non-hydrogen) atoms. The first-order valence-electron chi connectivity index (χ1n) is 10.3. The lowest BCUT2D eigenvalue weighted by atomic mass is 10.1. The lowest BCUT2D eigenvalue weighted by Crippen LogP contribution is -2.41. The third kappa shape index (κ3) is 4.23. The van der Waals surface area contributed by atoms with Gasteiger partial charge in [-0.25, -0.2) is 19.5 Å². The summed E-state index contributed by atoms with van der Waals surface area (Å²) in [6, 6.07) is 0. The van der Waals surface area contributed by atoms with Crippen LogP contribution in [0.15, 0.2) is 12.7 Å². The van der Waals surface area contributed by atoms with E-state index in [1.807, 2.05) is 6.92 Å². The van der Waals surface area contributed by atoms with Crippen LogP contribution in [0.3, 0.4) is 0 Å². The summed E-state index contributed by atoms with van der Waals surface area (Å²) in [6.45, 7) is 5.01. The normalized spacial score (nSPS) is 31.3. The molecule has 2 saturated heterocycles. The summed E-state index contributed by atoms with van der Waals surface area (Å²) in [5, 5.41) is 0. The SMILES string of the molecule is CCCCO[C@@H]1[C@@H]2OP(=O)(OCCCC)OC[C@H]2O[C@H]1n1cnc2c(N)ncnc21. The number of phosphoric ester groups is 1. The summed E-state index contributed by atoms with van der Waals surface area (Å²) in [4.78, 5) is 12.6. The zero-order chi connectivity index (χ0) is 21.1. The molecule has 12 heteroatoms. The highest BCUT2D eigenvalue weighted by molar-refractivity contribution is 7.48. The van der Waals surface area contributed by atoms with Crippen molar-refractivity contribution in [3.05, 3.63) is 12.7 Å². The Morgan fingerprint density at radius 1 is 1.23 bits per heavy atom.